The first-order valence-corrected chi connectivity index (χ1v) is 7.59. The molecule has 0 bridgehead atoms. The minimum absolute atomic E-state index is 0.211. The van der Waals surface area contributed by atoms with Crippen LogP contribution in [0.3, 0.4) is 0 Å². The van der Waals surface area contributed by atoms with Crippen molar-refractivity contribution in [2.24, 2.45) is 5.92 Å². The summed E-state index contributed by atoms with van der Waals surface area (Å²) < 4.78 is 1.43. The Kier molecular flexibility index (Phi) is 5.35. The van der Waals surface area contributed by atoms with Gasteiger partial charge in [-0.05, 0) is 38.1 Å². The van der Waals surface area contributed by atoms with Gasteiger partial charge in [-0.25, -0.2) is 0 Å². The van der Waals surface area contributed by atoms with E-state index in [0.29, 0.717) is 11.2 Å². The molecule has 0 fully saturated rings. The molecule has 0 radical (unpaired) electrons. The van der Waals surface area contributed by atoms with E-state index in [-0.39, 0.29) is 5.54 Å². The fourth-order valence-electron chi connectivity index (χ4n) is 1.30. The molecule has 0 saturated carbocycles. The molecule has 3 heteroatoms. The van der Waals surface area contributed by atoms with Crippen LogP contribution in [0.5, 0.6) is 0 Å². The van der Waals surface area contributed by atoms with Gasteiger partial charge in [-0.1, -0.05) is 19.9 Å². The van der Waals surface area contributed by atoms with Crippen LogP contribution in [0.4, 0.5) is 0 Å². The Balaban J connectivity index is 2.48. The van der Waals surface area contributed by atoms with Crippen LogP contribution in [-0.4, -0.2) is 17.3 Å². The van der Waals surface area contributed by atoms with Crippen LogP contribution in [-0.2, 0) is 0 Å². The summed E-state index contributed by atoms with van der Waals surface area (Å²) in [5, 5.41) is 6.40. The molecule has 0 aliphatic carbocycles. The summed E-state index contributed by atoms with van der Waals surface area (Å²) in [4.78, 5) is 0. The lowest BCUT2D eigenvalue weighted by Crippen LogP contribution is -2.41. The van der Waals surface area contributed by atoms with Gasteiger partial charge in [0.25, 0.3) is 0 Å². The highest BCUT2D eigenvalue weighted by Gasteiger charge is 2.18. The predicted molar refractivity (Wildman–Crippen MR) is 76.6 cm³/mol. The third kappa shape index (κ3) is 5.37. The molecule has 1 heterocycles. The lowest BCUT2D eigenvalue weighted by Gasteiger charge is -2.26. The van der Waals surface area contributed by atoms with Crippen LogP contribution < -0.4 is 5.32 Å². The molecule has 0 aliphatic heterocycles. The highest BCUT2D eigenvalue weighted by Crippen LogP contribution is 2.31. The summed E-state index contributed by atoms with van der Waals surface area (Å²) >= 11 is 3.84. The highest BCUT2D eigenvalue weighted by atomic mass is 32.2. The monoisotopic (exact) mass is 257 g/mol. The van der Waals surface area contributed by atoms with Crippen LogP contribution in [0.25, 0.3) is 0 Å². The maximum Gasteiger partial charge on any atom is 0.0601 e. The standard InChI is InChI=1S/C13H23NS2/c1-10(2)11(9-14-13(3,4)5)16-12-7-6-8-15-12/h6-8,10-11,14H,9H2,1-5H3. The van der Waals surface area contributed by atoms with Gasteiger partial charge in [0.2, 0.25) is 0 Å². The van der Waals surface area contributed by atoms with Crippen molar-refractivity contribution in [3.05, 3.63) is 17.5 Å². The molecule has 0 amide bonds. The molecule has 16 heavy (non-hydrogen) atoms. The molecule has 0 aliphatic rings. The Hall–Kier alpha value is 0.01000. The maximum absolute atomic E-state index is 3.60. The number of thiophene rings is 1. The third-order valence-electron chi connectivity index (χ3n) is 2.34. The highest BCUT2D eigenvalue weighted by molar-refractivity contribution is 8.01. The molecule has 1 nitrogen and oxygen atoms in total. The second-order valence-corrected chi connectivity index (χ2v) is 7.95. The van der Waals surface area contributed by atoms with Gasteiger partial charge in [-0.15, -0.1) is 23.1 Å². The van der Waals surface area contributed by atoms with E-state index in [1.54, 1.807) is 0 Å². The van der Waals surface area contributed by atoms with Crippen LogP contribution in [0.15, 0.2) is 21.7 Å². The van der Waals surface area contributed by atoms with Crippen molar-refractivity contribution in [2.45, 2.75) is 49.6 Å². The number of hydrogen-bond acceptors (Lipinski definition) is 3. The van der Waals surface area contributed by atoms with Crippen molar-refractivity contribution in [3.8, 4) is 0 Å². The van der Waals surface area contributed by atoms with Gasteiger partial charge in [0.1, 0.15) is 0 Å². The second-order valence-electron chi connectivity index (χ2n) is 5.46. The van der Waals surface area contributed by atoms with Crippen LogP contribution in [0, 0.1) is 5.92 Å². The lowest BCUT2D eigenvalue weighted by molar-refractivity contribution is 0.408. The molecule has 92 valence electrons. The fourth-order valence-corrected chi connectivity index (χ4v) is 3.40. The topological polar surface area (TPSA) is 12.0 Å². The van der Waals surface area contributed by atoms with E-state index < -0.39 is 0 Å². The molecule has 1 aromatic rings. The number of nitrogens with one attached hydrogen (secondary N) is 1. The van der Waals surface area contributed by atoms with Crippen molar-refractivity contribution in [2.75, 3.05) is 6.54 Å². The summed E-state index contributed by atoms with van der Waals surface area (Å²) in [6.45, 7) is 12.3. The Morgan fingerprint density at radius 1 is 1.38 bits per heavy atom. The Labute approximate surface area is 108 Å². The average Bonchev–Trinajstić information content (AvgIpc) is 2.62. The molecule has 1 rings (SSSR count). The number of hydrogen-bond donors (Lipinski definition) is 1. The van der Waals surface area contributed by atoms with E-state index in [2.05, 4.69) is 57.4 Å². The van der Waals surface area contributed by atoms with Crippen molar-refractivity contribution in [1.29, 1.82) is 0 Å². The van der Waals surface area contributed by atoms with Crippen molar-refractivity contribution in [3.63, 3.8) is 0 Å². The summed E-state index contributed by atoms with van der Waals surface area (Å²) in [5.41, 5.74) is 0.211. The zero-order valence-corrected chi connectivity index (χ0v) is 12.5. The fraction of sp³-hybridized carbons (Fsp3) is 0.692. The lowest BCUT2D eigenvalue weighted by atomic mass is 10.1. The average molecular weight is 257 g/mol. The molecule has 1 N–H and O–H groups in total. The van der Waals surface area contributed by atoms with Gasteiger partial charge in [0.15, 0.2) is 0 Å². The summed E-state index contributed by atoms with van der Waals surface area (Å²) in [6, 6.07) is 4.34. The first-order chi connectivity index (χ1) is 7.38. The van der Waals surface area contributed by atoms with Crippen molar-refractivity contribution < 1.29 is 0 Å². The van der Waals surface area contributed by atoms with Crippen LogP contribution >= 0.6 is 23.1 Å². The first kappa shape index (κ1) is 14.1. The minimum Gasteiger partial charge on any atom is -0.311 e. The van der Waals surface area contributed by atoms with Crippen LogP contribution in [0.2, 0.25) is 0 Å². The van der Waals surface area contributed by atoms with E-state index >= 15 is 0 Å². The van der Waals surface area contributed by atoms with Gasteiger partial charge >= 0.3 is 0 Å². The first-order valence-electron chi connectivity index (χ1n) is 5.83. The third-order valence-corrected chi connectivity index (χ3v) is 4.96. The molecule has 1 unspecified atom stereocenters. The zero-order valence-electron chi connectivity index (χ0n) is 10.9. The summed E-state index contributed by atoms with van der Waals surface area (Å²) in [5.74, 6) is 0.696. The van der Waals surface area contributed by atoms with E-state index in [4.69, 9.17) is 0 Å². The normalized spacial score (nSPS) is 14.4. The molecule has 0 spiro atoms. The zero-order chi connectivity index (χ0) is 12.2. The predicted octanol–water partition coefficient (Wildman–Crippen LogP) is 4.25. The smallest absolute Gasteiger partial charge is 0.0601 e. The molecule has 0 aromatic carbocycles. The van der Waals surface area contributed by atoms with Gasteiger partial charge in [0, 0.05) is 17.3 Å². The van der Waals surface area contributed by atoms with Crippen LogP contribution in [0.1, 0.15) is 34.6 Å². The number of thioether (sulfide) groups is 1. The van der Waals surface area contributed by atoms with E-state index in [1.165, 1.54) is 4.21 Å². The number of rotatable bonds is 5. The van der Waals surface area contributed by atoms with Gasteiger partial charge in [-0.3, -0.25) is 0 Å². The molecule has 1 aromatic heterocycles. The summed E-state index contributed by atoms with van der Waals surface area (Å²) in [6.07, 6.45) is 0. The van der Waals surface area contributed by atoms with Crippen molar-refractivity contribution >= 4 is 23.1 Å². The Morgan fingerprint density at radius 3 is 2.50 bits per heavy atom. The van der Waals surface area contributed by atoms with Gasteiger partial charge < -0.3 is 5.32 Å². The largest absolute Gasteiger partial charge is 0.311 e. The van der Waals surface area contributed by atoms with Gasteiger partial charge in [-0.2, -0.15) is 0 Å². The minimum atomic E-state index is 0.211. The quantitative estimate of drug-likeness (QED) is 0.791. The second kappa shape index (κ2) is 6.08. The molecule has 0 saturated heterocycles. The van der Waals surface area contributed by atoms with E-state index in [0.717, 1.165) is 6.54 Å². The maximum atomic E-state index is 3.60. The Morgan fingerprint density at radius 2 is 2.06 bits per heavy atom. The molecular weight excluding hydrogens is 234 g/mol. The van der Waals surface area contributed by atoms with Gasteiger partial charge in [0.05, 0.1) is 4.21 Å². The van der Waals surface area contributed by atoms with Crippen molar-refractivity contribution in [1.82, 2.24) is 5.32 Å². The summed E-state index contributed by atoms with van der Waals surface area (Å²) in [7, 11) is 0. The Bertz CT molecular complexity index is 285. The van der Waals surface area contributed by atoms with E-state index in [9.17, 15) is 0 Å². The van der Waals surface area contributed by atoms with E-state index in [1.807, 2.05) is 23.1 Å². The molecule has 1 atom stereocenters. The SMILES string of the molecule is CC(C)C(CNC(C)(C)C)Sc1cccs1. The molecular formula is C13H23NS2.